The van der Waals surface area contributed by atoms with Crippen LogP contribution >= 0.6 is 11.3 Å². The second-order valence-corrected chi connectivity index (χ2v) is 8.93. The molecule has 0 radical (unpaired) electrons. The van der Waals surface area contributed by atoms with Crippen LogP contribution in [0.5, 0.6) is 0 Å². The van der Waals surface area contributed by atoms with Crippen molar-refractivity contribution in [2.75, 3.05) is 6.54 Å². The van der Waals surface area contributed by atoms with E-state index in [0.717, 1.165) is 25.9 Å². The first-order chi connectivity index (χ1) is 15.4. The van der Waals surface area contributed by atoms with Crippen LogP contribution in [0.1, 0.15) is 12.5 Å². The van der Waals surface area contributed by atoms with Gasteiger partial charge in [-0.05, 0) is 41.5 Å². The third-order valence-corrected chi connectivity index (χ3v) is 6.94. The highest BCUT2D eigenvalue weighted by Gasteiger charge is 2.49. The lowest BCUT2D eigenvalue weighted by atomic mass is 9.90. The van der Waals surface area contributed by atoms with Crippen LogP contribution in [0.2, 0.25) is 0 Å². The largest absolute Gasteiger partial charge is 0.325 e. The summed E-state index contributed by atoms with van der Waals surface area (Å²) in [6.07, 6.45) is 0. The van der Waals surface area contributed by atoms with E-state index in [0.29, 0.717) is 10.4 Å². The van der Waals surface area contributed by atoms with Gasteiger partial charge in [0.05, 0.1) is 10.2 Å². The van der Waals surface area contributed by atoms with Crippen LogP contribution in [0.3, 0.4) is 0 Å². The first-order valence-corrected chi connectivity index (χ1v) is 10.9. The summed E-state index contributed by atoms with van der Waals surface area (Å²) in [7, 11) is 1.83. The molecule has 0 aliphatic carbocycles. The molecule has 4 aromatic rings. The molecule has 5 rings (SSSR count). The third kappa shape index (κ3) is 3.20. The molecule has 1 atom stereocenters. The number of carbonyl (C=O) groups is 3. The van der Waals surface area contributed by atoms with Crippen molar-refractivity contribution < 1.29 is 14.4 Å². The van der Waals surface area contributed by atoms with E-state index in [1.54, 1.807) is 6.92 Å². The summed E-state index contributed by atoms with van der Waals surface area (Å²) in [6.45, 7) is 1.24. The number of aromatic nitrogens is 1. The van der Waals surface area contributed by atoms with E-state index in [4.69, 9.17) is 0 Å². The quantitative estimate of drug-likeness (QED) is 0.492. The highest BCUT2D eigenvalue weighted by atomic mass is 32.1. The first kappa shape index (κ1) is 20.1. The van der Waals surface area contributed by atoms with Gasteiger partial charge >= 0.3 is 6.03 Å². The minimum Gasteiger partial charge on any atom is -0.319 e. The predicted molar refractivity (Wildman–Crippen MR) is 123 cm³/mol. The molecule has 3 aromatic carbocycles. The van der Waals surface area contributed by atoms with Gasteiger partial charge in [-0.1, -0.05) is 59.9 Å². The van der Waals surface area contributed by atoms with Gasteiger partial charge in [0, 0.05) is 7.05 Å². The van der Waals surface area contributed by atoms with Crippen LogP contribution in [0.4, 0.5) is 4.79 Å². The lowest BCUT2D eigenvalue weighted by molar-refractivity contribution is -0.134. The van der Waals surface area contributed by atoms with Gasteiger partial charge in [-0.2, -0.15) is 4.99 Å². The molecule has 0 bridgehead atoms. The molecule has 0 saturated carbocycles. The number of thiazole rings is 1. The number of nitrogens with one attached hydrogen (secondary N) is 1. The van der Waals surface area contributed by atoms with E-state index in [1.807, 2.05) is 78.3 Å². The van der Waals surface area contributed by atoms with Crippen LogP contribution in [-0.4, -0.2) is 33.9 Å². The highest BCUT2D eigenvalue weighted by Crippen LogP contribution is 2.31. The van der Waals surface area contributed by atoms with Gasteiger partial charge in [0.25, 0.3) is 11.8 Å². The standard InChI is InChI=1S/C24H20N4O3S/c1-24(17-12-11-15-7-3-4-8-16(15)13-17)21(30)28(22(31)26-24)14-20(29)25-23-27(2)18-9-5-6-10-19(18)32-23/h3-13H,14H2,1-2H3,(H,26,31). The zero-order valence-corrected chi connectivity index (χ0v) is 18.3. The van der Waals surface area contributed by atoms with Gasteiger partial charge in [0.1, 0.15) is 12.1 Å². The molecule has 8 heteroatoms. The smallest absolute Gasteiger partial charge is 0.319 e. The first-order valence-electron chi connectivity index (χ1n) is 10.1. The lowest BCUT2D eigenvalue weighted by Crippen LogP contribution is -2.41. The number of benzene rings is 3. The summed E-state index contributed by atoms with van der Waals surface area (Å²) >= 11 is 1.38. The molecule has 2 heterocycles. The SMILES string of the molecule is Cn1c(=NC(=O)CN2C(=O)NC(C)(c3ccc4ccccc4c3)C2=O)sc2ccccc21. The van der Waals surface area contributed by atoms with E-state index in [9.17, 15) is 14.4 Å². The summed E-state index contributed by atoms with van der Waals surface area (Å²) < 4.78 is 2.82. The maximum Gasteiger partial charge on any atom is 0.325 e. The van der Waals surface area contributed by atoms with Crippen LogP contribution in [-0.2, 0) is 22.2 Å². The van der Waals surface area contributed by atoms with E-state index >= 15 is 0 Å². The average molecular weight is 445 g/mol. The van der Waals surface area contributed by atoms with E-state index in [2.05, 4.69) is 10.3 Å². The Kier molecular flexibility index (Phi) is 4.67. The number of fused-ring (bicyclic) bond motifs is 2. The molecular formula is C24H20N4O3S. The molecular weight excluding hydrogens is 424 g/mol. The van der Waals surface area contributed by atoms with Crippen LogP contribution in [0, 0.1) is 0 Å². The van der Waals surface area contributed by atoms with Crippen LogP contribution in [0.25, 0.3) is 21.0 Å². The maximum atomic E-state index is 13.2. The fraction of sp³-hybridized carbons (Fsp3) is 0.167. The van der Waals surface area contributed by atoms with Crippen LogP contribution in [0.15, 0.2) is 71.7 Å². The Labute approximate surface area is 187 Å². The van der Waals surface area contributed by atoms with Gasteiger partial charge in [0.15, 0.2) is 4.80 Å². The van der Waals surface area contributed by atoms with Crippen molar-refractivity contribution in [3.8, 4) is 0 Å². The molecule has 1 saturated heterocycles. The fourth-order valence-electron chi connectivity index (χ4n) is 4.00. The van der Waals surface area contributed by atoms with Crippen LogP contribution < -0.4 is 10.1 Å². The molecule has 1 fully saturated rings. The summed E-state index contributed by atoms with van der Waals surface area (Å²) in [5, 5.41) is 4.76. The third-order valence-electron chi connectivity index (χ3n) is 5.83. The Morgan fingerprint density at radius 1 is 1.03 bits per heavy atom. The van der Waals surface area contributed by atoms with Crippen molar-refractivity contribution in [2.45, 2.75) is 12.5 Å². The average Bonchev–Trinajstić information content (AvgIpc) is 3.22. The van der Waals surface area contributed by atoms with E-state index in [1.165, 1.54) is 11.3 Å². The van der Waals surface area contributed by atoms with Crippen molar-refractivity contribution in [1.82, 2.24) is 14.8 Å². The minimum atomic E-state index is -1.25. The zero-order valence-electron chi connectivity index (χ0n) is 17.5. The van der Waals surface area contributed by atoms with Gasteiger partial charge in [-0.3, -0.25) is 14.5 Å². The molecule has 1 aliphatic heterocycles. The Balaban J connectivity index is 1.43. The minimum absolute atomic E-state index is 0.415. The van der Waals surface area contributed by atoms with Crippen molar-refractivity contribution in [2.24, 2.45) is 12.0 Å². The summed E-state index contributed by atoms with van der Waals surface area (Å²) in [4.78, 5) is 44.1. The zero-order chi connectivity index (χ0) is 22.5. The number of aryl methyl sites for hydroxylation is 1. The van der Waals surface area contributed by atoms with Gasteiger partial charge in [-0.25, -0.2) is 4.79 Å². The summed E-state index contributed by atoms with van der Waals surface area (Å²) in [5.41, 5.74) is 0.379. The second-order valence-electron chi connectivity index (χ2n) is 7.93. The molecule has 7 nitrogen and oxygen atoms in total. The molecule has 1 unspecified atom stereocenters. The predicted octanol–water partition coefficient (Wildman–Crippen LogP) is 3.29. The van der Waals surface area contributed by atoms with Crippen molar-refractivity contribution in [1.29, 1.82) is 0 Å². The number of nitrogens with zero attached hydrogens (tertiary/aromatic N) is 3. The van der Waals surface area contributed by atoms with Crippen molar-refractivity contribution in [3.05, 3.63) is 77.1 Å². The topological polar surface area (TPSA) is 83.8 Å². The highest BCUT2D eigenvalue weighted by molar-refractivity contribution is 7.16. The number of hydrogen-bond donors (Lipinski definition) is 1. The monoisotopic (exact) mass is 444 g/mol. The number of urea groups is 1. The maximum absolute atomic E-state index is 13.2. The number of imide groups is 1. The molecule has 1 N–H and O–H groups in total. The van der Waals surface area contributed by atoms with Gasteiger partial charge < -0.3 is 9.88 Å². The second kappa shape index (κ2) is 7.42. The molecule has 1 aromatic heterocycles. The molecule has 160 valence electrons. The Morgan fingerprint density at radius 2 is 1.75 bits per heavy atom. The van der Waals surface area contributed by atoms with E-state index < -0.39 is 29.9 Å². The van der Waals surface area contributed by atoms with Crippen molar-refractivity contribution >= 4 is 50.2 Å². The molecule has 32 heavy (non-hydrogen) atoms. The number of hydrogen-bond acceptors (Lipinski definition) is 4. The fourth-order valence-corrected chi connectivity index (χ4v) is 5.04. The Morgan fingerprint density at radius 3 is 2.53 bits per heavy atom. The lowest BCUT2D eigenvalue weighted by Gasteiger charge is -2.22. The summed E-state index contributed by atoms with van der Waals surface area (Å²) in [5.74, 6) is -1.03. The molecule has 4 amide bonds. The number of carbonyl (C=O) groups excluding carboxylic acids is 3. The Bertz CT molecular complexity index is 1490. The van der Waals surface area contributed by atoms with Crippen molar-refractivity contribution in [3.63, 3.8) is 0 Å². The number of rotatable bonds is 3. The van der Waals surface area contributed by atoms with Gasteiger partial charge in [0.2, 0.25) is 0 Å². The Hall–Kier alpha value is -3.78. The number of para-hydroxylation sites is 1. The molecule has 0 spiro atoms. The molecule has 1 aliphatic rings. The van der Waals surface area contributed by atoms with E-state index in [-0.39, 0.29) is 0 Å². The van der Waals surface area contributed by atoms with Gasteiger partial charge in [-0.15, -0.1) is 0 Å². The summed E-state index contributed by atoms with van der Waals surface area (Å²) in [6, 6.07) is 20.6. The number of amides is 4. The normalized spacial score (nSPS) is 19.2.